The summed E-state index contributed by atoms with van der Waals surface area (Å²) in [6.07, 6.45) is 4.42. The number of carbonyl (C=O) groups is 1. The zero-order valence-corrected chi connectivity index (χ0v) is 7.18. The van der Waals surface area contributed by atoms with Crippen molar-refractivity contribution < 1.29 is 4.79 Å². The van der Waals surface area contributed by atoms with E-state index in [0.717, 1.165) is 6.42 Å². The number of carbonyl (C=O) groups excluding carboxylic acids is 1. The first-order valence-corrected chi connectivity index (χ1v) is 4.46. The predicted molar refractivity (Wildman–Crippen MR) is 45.2 cm³/mol. The summed E-state index contributed by atoms with van der Waals surface area (Å²) in [4.78, 5) is 11.1. The minimum atomic E-state index is 0.149. The van der Waals surface area contributed by atoms with Crippen molar-refractivity contribution in [2.75, 3.05) is 6.54 Å². The Labute approximate surface area is 72.8 Å². The van der Waals surface area contributed by atoms with E-state index in [-0.39, 0.29) is 5.91 Å². The van der Waals surface area contributed by atoms with Crippen molar-refractivity contribution in [2.45, 2.75) is 32.1 Å². The molecular formula is C9H14N2O. The quantitative estimate of drug-likeness (QED) is 0.624. The molecule has 1 aliphatic carbocycles. The van der Waals surface area contributed by atoms with Gasteiger partial charge in [0.1, 0.15) is 0 Å². The molecule has 0 heterocycles. The number of amides is 1. The van der Waals surface area contributed by atoms with Gasteiger partial charge in [0, 0.05) is 19.4 Å². The molecule has 1 rings (SSSR count). The fourth-order valence-corrected chi connectivity index (χ4v) is 1.05. The van der Waals surface area contributed by atoms with Crippen LogP contribution in [0.4, 0.5) is 0 Å². The van der Waals surface area contributed by atoms with Crippen LogP contribution in [0.15, 0.2) is 0 Å². The van der Waals surface area contributed by atoms with Gasteiger partial charge in [0.15, 0.2) is 0 Å². The predicted octanol–water partition coefficient (Wildman–Crippen LogP) is 1.21. The second kappa shape index (κ2) is 4.76. The molecule has 1 amide bonds. The van der Waals surface area contributed by atoms with Crippen LogP contribution in [0.5, 0.6) is 0 Å². The molecule has 0 bridgehead atoms. The molecule has 3 heteroatoms. The second-order valence-corrected chi connectivity index (χ2v) is 3.26. The summed E-state index contributed by atoms with van der Waals surface area (Å²) >= 11 is 0. The highest BCUT2D eigenvalue weighted by Gasteiger charge is 2.23. The number of hydrogen-bond acceptors (Lipinski definition) is 2. The van der Waals surface area contributed by atoms with E-state index in [4.69, 9.17) is 5.26 Å². The van der Waals surface area contributed by atoms with Gasteiger partial charge in [-0.1, -0.05) is 0 Å². The fourth-order valence-electron chi connectivity index (χ4n) is 1.05. The fraction of sp³-hybridized carbons (Fsp3) is 0.778. The zero-order valence-electron chi connectivity index (χ0n) is 7.18. The van der Waals surface area contributed by atoms with E-state index in [9.17, 15) is 4.79 Å². The standard InChI is InChI=1S/C9H14N2O/c10-5-1-2-6-11-9(12)7-8-3-4-8/h8H,1-4,6-7H2,(H,11,12). The average Bonchev–Trinajstić information content (AvgIpc) is 2.82. The second-order valence-electron chi connectivity index (χ2n) is 3.26. The molecule has 12 heavy (non-hydrogen) atoms. The Hall–Kier alpha value is -1.04. The van der Waals surface area contributed by atoms with Crippen molar-refractivity contribution in [1.82, 2.24) is 5.32 Å². The van der Waals surface area contributed by atoms with Gasteiger partial charge >= 0.3 is 0 Å². The molecular weight excluding hydrogens is 152 g/mol. The normalized spacial score (nSPS) is 15.2. The van der Waals surface area contributed by atoms with E-state index in [1.807, 2.05) is 6.07 Å². The van der Waals surface area contributed by atoms with Crippen LogP contribution in [-0.4, -0.2) is 12.5 Å². The van der Waals surface area contributed by atoms with Crippen LogP contribution >= 0.6 is 0 Å². The Morgan fingerprint density at radius 1 is 1.58 bits per heavy atom. The molecule has 66 valence electrons. The highest BCUT2D eigenvalue weighted by molar-refractivity contribution is 5.76. The third-order valence-corrected chi connectivity index (χ3v) is 1.96. The summed E-state index contributed by atoms with van der Waals surface area (Å²) in [6.45, 7) is 0.652. The van der Waals surface area contributed by atoms with Crippen molar-refractivity contribution in [3.05, 3.63) is 0 Å². The van der Waals surface area contributed by atoms with E-state index in [0.29, 0.717) is 25.3 Å². The van der Waals surface area contributed by atoms with Gasteiger partial charge in [0.25, 0.3) is 0 Å². The summed E-state index contributed by atoms with van der Waals surface area (Å²) in [5.74, 6) is 0.802. The lowest BCUT2D eigenvalue weighted by molar-refractivity contribution is -0.121. The van der Waals surface area contributed by atoms with Gasteiger partial charge in [0.2, 0.25) is 5.91 Å². The maximum atomic E-state index is 11.1. The third kappa shape index (κ3) is 3.97. The van der Waals surface area contributed by atoms with Crippen LogP contribution in [0.2, 0.25) is 0 Å². The number of rotatable bonds is 5. The Morgan fingerprint density at radius 3 is 2.92 bits per heavy atom. The van der Waals surface area contributed by atoms with Gasteiger partial charge in [0.05, 0.1) is 6.07 Å². The summed E-state index contributed by atoms with van der Waals surface area (Å²) in [6, 6.07) is 2.04. The summed E-state index contributed by atoms with van der Waals surface area (Å²) in [5.41, 5.74) is 0. The topological polar surface area (TPSA) is 52.9 Å². The average molecular weight is 166 g/mol. The van der Waals surface area contributed by atoms with Crippen molar-refractivity contribution >= 4 is 5.91 Å². The lowest BCUT2D eigenvalue weighted by Crippen LogP contribution is -2.24. The van der Waals surface area contributed by atoms with E-state index in [1.54, 1.807) is 0 Å². The van der Waals surface area contributed by atoms with E-state index in [2.05, 4.69) is 5.32 Å². The van der Waals surface area contributed by atoms with Crippen LogP contribution in [-0.2, 0) is 4.79 Å². The van der Waals surface area contributed by atoms with Crippen LogP contribution in [0, 0.1) is 17.2 Å². The molecule has 0 aromatic carbocycles. The van der Waals surface area contributed by atoms with E-state index < -0.39 is 0 Å². The largest absolute Gasteiger partial charge is 0.356 e. The first-order valence-electron chi connectivity index (χ1n) is 4.46. The molecule has 1 saturated carbocycles. The van der Waals surface area contributed by atoms with E-state index in [1.165, 1.54) is 12.8 Å². The number of nitrogens with one attached hydrogen (secondary N) is 1. The van der Waals surface area contributed by atoms with Crippen molar-refractivity contribution in [3.8, 4) is 6.07 Å². The SMILES string of the molecule is N#CCCCNC(=O)CC1CC1. The Morgan fingerprint density at radius 2 is 2.33 bits per heavy atom. The number of nitriles is 1. The molecule has 0 unspecified atom stereocenters. The van der Waals surface area contributed by atoms with Crippen LogP contribution < -0.4 is 5.32 Å². The maximum Gasteiger partial charge on any atom is 0.220 e. The molecule has 0 aromatic rings. The first kappa shape index (κ1) is 9.05. The van der Waals surface area contributed by atoms with Crippen LogP contribution in [0.25, 0.3) is 0 Å². The molecule has 0 aromatic heterocycles. The molecule has 0 radical (unpaired) electrons. The summed E-state index contributed by atoms with van der Waals surface area (Å²) in [5, 5.41) is 11.0. The molecule has 1 N–H and O–H groups in total. The van der Waals surface area contributed by atoms with Crippen LogP contribution in [0.3, 0.4) is 0 Å². The van der Waals surface area contributed by atoms with Crippen LogP contribution in [0.1, 0.15) is 32.1 Å². The lowest BCUT2D eigenvalue weighted by Gasteiger charge is -2.01. The molecule has 3 nitrogen and oxygen atoms in total. The number of unbranched alkanes of at least 4 members (excludes halogenated alkanes) is 1. The van der Waals surface area contributed by atoms with Gasteiger partial charge in [-0.3, -0.25) is 4.79 Å². The molecule has 0 saturated heterocycles. The van der Waals surface area contributed by atoms with Gasteiger partial charge in [-0.25, -0.2) is 0 Å². The molecule has 1 aliphatic rings. The Balaban J connectivity index is 1.91. The number of nitrogens with zero attached hydrogens (tertiary/aromatic N) is 1. The highest BCUT2D eigenvalue weighted by Crippen LogP contribution is 2.31. The monoisotopic (exact) mass is 166 g/mol. The summed E-state index contributed by atoms with van der Waals surface area (Å²) in [7, 11) is 0. The third-order valence-electron chi connectivity index (χ3n) is 1.96. The van der Waals surface area contributed by atoms with Gasteiger partial charge in [-0.05, 0) is 25.2 Å². The smallest absolute Gasteiger partial charge is 0.220 e. The van der Waals surface area contributed by atoms with Crippen molar-refractivity contribution in [3.63, 3.8) is 0 Å². The van der Waals surface area contributed by atoms with Gasteiger partial charge in [-0.15, -0.1) is 0 Å². The summed E-state index contributed by atoms with van der Waals surface area (Å²) < 4.78 is 0. The molecule has 0 atom stereocenters. The highest BCUT2D eigenvalue weighted by atomic mass is 16.1. The Bertz CT molecular complexity index is 191. The van der Waals surface area contributed by atoms with Crippen molar-refractivity contribution in [1.29, 1.82) is 5.26 Å². The van der Waals surface area contributed by atoms with Crippen molar-refractivity contribution in [2.24, 2.45) is 5.92 Å². The molecule has 0 spiro atoms. The van der Waals surface area contributed by atoms with Gasteiger partial charge in [-0.2, -0.15) is 5.26 Å². The van der Waals surface area contributed by atoms with E-state index >= 15 is 0 Å². The molecule has 0 aliphatic heterocycles. The zero-order chi connectivity index (χ0) is 8.81. The number of hydrogen-bond donors (Lipinski definition) is 1. The first-order chi connectivity index (χ1) is 5.83. The van der Waals surface area contributed by atoms with Gasteiger partial charge < -0.3 is 5.32 Å². The lowest BCUT2D eigenvalue weighted by atomic mass is 10.2. The molecule has 1 fully saturated rings. The minimum Gasteiger partial charge on any atom is -0.356 e. The Kier molecular flexibility index (Phi) is 3.59. The maximum absolute atomic E-state index is 11.1. The minimum absolute atomic E-state index is 0.149.